The summed E-state index contributed by atoms with van der Waals surface area (Å²) in [6, 6.07) is 14.3. The van der Waals surface area contributed by atoms with Gasteiger partial charge in [-0.2, -0.15) is 5.10 Å². The van der Waals surface area contributed by atoms with Gasteiger partial charge in [-0.15, -0.1) is 0 Å². The molecule has 0 aliphatic carbocycles. The lowest BCUT2D eigenvalue weighted by atomic mass is 10.1. The van der Waals surface area contributed by atoms with E-state index in [4.69, 9.17) is 5.10 Å². The molecule has 5 heteroatoms. The Kier molecular flexibility index (Phi) is 6.48. The average Bonchev–Trinajstić information content (AvgIpc) is 3.01. The Labute approximate surface area is 167 Å². The molecule has 3 aromatic rings. The van der Waals surface area contributed by atoms with Crippen molar-refractivity contribution in [1.82, 2.24) is 25.0 Å². The van der Waals surface area contributed by atoms with Crippen LogP contribution >= 0.6 is 0 Å². The quantitative estimate of drug-likeness (QED) is 0.636. The van der Waals surface area contributed by atoms with Gasteiger partial charge in [0.25, 0.3) is 0 Å². The van der Waals surface area contributed by atoms with Gasteiger partial charge >= 0.3 is 0 Å². The molecule has 1 aliphatic heterocycles. The van der Waals surface area contributed by atoms with E-state index in [1.807, 2.05) is 47.4 Å². The second kappa shape index (κ2) is 9.62. The van der Waals surface area contributed by atoms with Crippen molar-refractivity contribution < 1.29 is 0 Å². The fraction of sp³-hybridized carbons (Fsp3) is 0.391. The number of nitrogens with one attached hydrogen (secondary N) is 1. The summed E-state index contributed by atoms with van der Waals surface area (Å²) in [6.07, 6.45) is 11.3. The van der Waals surface area contributed by atoms with Gasteiger partial charge in [-0.1, -0.05) is 31.0 Å². The van der Waals surface area contributed by atoms with E-state index in [0.717, 1.165) is 36.6 Å². The van der Waals surface area contributed by atoms with Crippen molar-refractivity contribution in [3.05, 3.63) is 66.6 Å². The Morgan fingerprint density at radius 3 is 2.39 bits per heavy atom. The van der Waals surface area contributed by atoms with E-state index in [2.05, 4.69) is 33.5 Å². The van der Waals surface area contributed by atoms with Gasteiger partial charge in [0, 0.05) is 49.4 Å². The lowest BCUT2D eigenvalue weighted by Gasteiger charge is -2.19. The molecule has 0 bridgehead atoms. The summed E-state index contributed by atoms with van der Waals surface area (Å²) in [6.45, 7) is 5.44. The van der Waals surface area contributed by atoms with Gasteiger partial charge in [-0.05, 0) is 50.2 Å². The highest BCUT2D eigenvalue weighted by atomic mass is 15.3. The van der Waals surface area contributed by atoms with Crippen LogP contribution in [0.1, 0.15) is 31.2 Å². The number of pyridine rings is 1. The molecule has 1 fully saturated rings. The van der Waals surface area contributed by atoms with Crippen molar-refractivity contribution in [3.63, 3.8) is 0 Å². The van der Waals surface area contributed by atoms with E-state index < -0.39 is 0 Å². The van der Waals surface area contributed by atoms with Gasteiger partial charge in [0.15, 0.2) is 0 Å². The van der Waals surface area contributed by atoms with Crippen LogP contribution < -0.4 is 5.32 Å². The van der Waals surface area contributed by atoms with E-state index in [1.54, 1.807) is 0 Å². The van der Waals surface area contributed by atoms with Crippen LogP contribution in [0.3, 0.4) is 0 Å². The summed E-state index contributed by atoms with van der Waals surface area (Å²) in [5.74, 6) is 0. The maximum atomic E-state index is 4.87. The van der Waals surface area contributed by atoms with Crippen molar-refractivity contribution in [2.24, 2.45) is 0 Å². The van der Waals surface area contributed by atoms with Crippen molar-refractivity contribution in [1.29, 1.82) is 0 Å². The average molecular weight is 376 g/mol. The monoisotopic (exact) mass is 375 g/mol. The van der Waals surface area contributed by atoms with Crippen LogP contribution in [-0.4, -0.2) is 45.8 Å². The number of rotatable bonds is 7. The molecule has 3 heterocycles. The van der Waals surface area contributed by atoms with Crippen LogP contribution in [0.4, 0.5) is 0 Å². The van der Waals surface area contributed by atoms with Crippen molar-refractivity contribution in [2.45, 2.75) is 32.2 Å². The molecule has 1 N–H and O–H groups in total. The molecule has 28 heavy (non-hydrogen) atoms. The number of likely N-dealkylation sites (tertiary alicyclic amines) is 1. The van der Waals surface area contributed by atoms with Crippen molar-refractivity contribution >= 4 is 0 Å². The fourth-order valence-corrected chi connectivity index (χ4v) is 3.82. The summed E-state index contributed by atoms with van der Waals surface area (Å²) in [4.78, 5) is 6.74. The Balaban J connectivity index is 1.45. The standard InChI is InChI=1S/C23H29N5/c1-2-7-16-27(15-6-1)17-14-25-18-21-19-28(22-8-4-3-5-9-22)26-23(21)20-10-12-24-13-11-20/h3-5,8-13,19,25H,1-2,6-7,14-18H2. The molecule has 0 amide bonds. The van der Waals surface area contributed by atoms with Gasteiger partial charge in [0.1, 0.15) is 0 Å². The summed E-state index contributed by atoms with van der Waals surface area (Å²) < 4.78 is 1.97. The molecule has 1 saturated heterocycles. The maximum Gasteiger partial charge on any atom is 0.0973 e. The van der Waals surface area contributed by atoms with Crippen molar-refractivity contribution in [2.75, 3.05) is 26.2 Å². The zero-order valence-electron chi connectivity index (χ0n) is 16.4. The lowest BCUT2D eigenvalue weighted by molar-refractivity contribution is 0.284. The van der Waals surface area contributed by atoms with Crippen LogP contribution in [0.25, 0.3) is 16.9 Å². The van der Waals surface area contributed by atoms with Gasteiger partial charge in [0.2, 0.25) is 0 Å². The van der Waals surface area contributed by atoms with Gasteiger partial charge < -0.3 is 10.2 Å². The van der Waals surface area contributed by atoms with Crippen LogP contribution in [0.5, 0.6) is 0 Å². The third-order valence-corrected chi connectivity index (χ3v) is 5.38. The third kappa shape index (κ3) is 4.86. The van der Waals surface area contributed by atoms with Crippen molar-refractivity contribution in [3.8, 4) is 16.9 Å². The molecule has 1 aromatic carbocycles. The number of hydrogen-bond donors (Lipinski definition) is 1. The highest BCUT2D eigenvalue weighted by Crippen LogP contribution is 2.23. The number of aromatic nitrogens is 3. The van der Waals surface area contributed by atoms with E-state index >= 15 is 0 Å². The SMILES string of the molecule is c1ccc(-n2cc(CNCCN3CCCCCC3)c(-c3ccncc3)n2)cc1. The molecule has 0 atom stereocenters. The van der Waals surface area contributed by atoms with E-state index in [0.29, 0.717) is 0 Å². The first-order valence-corrected chi connectivity index (χ1v) is 10.4. The van der Waals surface area contributed by atoms with Gasteiger partial charge in [0.05, 0.1) is 11.4 Å². The Morgan fingerprint density at radius 2 is 1.64 bits per heavy atom. The Morgan fingerprint density at radius 1 is 0.893 bits per heavy atom. The molecule has 0 saturated carbocycles. The minimum Gasteiger partial charge on any atom is -0.311 e. The number of para-hydroxylation sites is 1. The minimum atomic E-state index is 0.818. The van der Waals surface area contributed by atoms with E-state index in [-0.39, 0.29) is 0 Å². The molecule has 1 aliphatic rings. The fourth-order valence-electron chi connectivity index (χ4n) is 3.82. The first-order chi connectivity index (χ1) is 13.9. The summed E-state index contributed by atoms with van der Waals surface area (Å²) >= 11 is 0. The topological polar surface area (TPSA) is 46.0 Å². The molecule has 5 nitrogen and oxygen atoms in total. The summed E-state index contributed by atoms with van der Waals surface area (Å²) in [5, 5.41) is 8.50. The first kappa shape index (κ1) is 18.8. The summed E-state index contributed by atoms with van der Waals surface area (Å²) in [5.41, 5.74) is 4.42. The predicted octanol–water partition coefficient (Wildman–Crippen LogP) is 3.90. The number of benzene rings is 1. The normalized spacial score (nSPS) is 15.4. The Hall–Kier alpha value is -2.50. The zero-order chi connectivity index (χ0) is 19.0. The molecular formula is C23H29N5. The Bertz CT molecular complexity index is 836. The van der Waals surface area contributed by atoms with Gasteiger partial charge in [-0.25, -0.2) is 4.68 Å². The minimum absolute atomic E-state index is 0.818. The van der Waals surface area contributed by atoms with Crippen LogP contribution in [0, 0.1) is 0 Å². The largest absolute Gasteiger partial charge is 0.311 e. The van der Waals surface area contributed by atoms with Gasteiger partial charge in [-0.3, -0.25) is 4.98 Å². The number of hydrogen-bond acceptors (Lipinski definition) is 4. The van der Waals surface area contributed by atoms with E-state index in [9.17, 15) is 0 Å². The first-order valence-electron chi connectivity index (χ1n) is 10.4. The maximum absolute atomic E-state index is 4.87. The molecule has 0 radical (unpaired) electrons. The van der Waals surface area contributed by atoms with Crippen LogP contribution in [0.15, 0.2) is 61.1 Å². The zero-order valence-corrected chi connectivity index (χ0v) is 16.4. The van der Waals surface area contributed by atoms with Crippen LogP contribution in [-0.2, 0) is 6.54 Å². The third-order valence-electron chi connectivity index (χ3n) is 5.38. The molecule has 146 valence electrons. The molecule has 2 aromatic heterocycles. The summed E-state index contributed by atoms with van der Waals surface area (Å²) in [7, 11) is 0. The highest BCUT2D eigenvalue weighted by Gasteiger charge is 2.13. The molecular weight excluding hydrogens is 346 g/mol. The molecule has 4 rings (SSSR count). The lowest BCUT2D eigenvalue weighted by Crippen LogP contribution is -2.32. The second-order valence-corrected chi connectivity index (χ2v) is 7.45. The van der Waals surface area contributed by atoms with E-state index in [1.165, 1.54) is 44.3 Å². The predicted molar refractivity (Wildman–Crippen MR) is 113 cm³/mol. The smallest absolute Gasteiger partial charge is 0.0973 e. The molecule has 0 spiro atoms. The second-order valence-electron chi connectivity index (χ2n) is 7.45. The molecule has 0 unspecified atom stereocenters. The highest BCUT2D eigenvalue weighted by molar-refractivity contribution is 5.62. The van der Waals surface area contributed by atoms with Crippen LogP contribution in [0.2, 0.25) is 0 Å². The number of nitrogens with zero attached hydrogens (tertiary/aromatic N) is 4.